The minimum Gasteiger partial charge on any atom is -0.325 e. The van der Waals surface area contributed by atoms with Gasteiger partial charge in [-0.1, -0.05) is 42.5 Å². The third kappa shape index (κ3) is 6.05. The van der Waals surface area contributed by atoms with Gasteiger partial charge >= 0.3 is 0 Å². The summed E-state index contributed by atoms with van der Waals surface area (Å²) in [4.78, 5) is 11.8. The largest absolute Gasteiger partial charge is 0.325 e. The summed E-state index contributed by atoms with van der Waals surface area (Å²) in [6, 6.07) is 18.3. The van der Waals surface area contributed by atoms with Gasteiger partial charge in [0.25, 0.3) is 0 Å². The molecule has 0 aliphatic carbocycles. The molecule has 0 bridgehead atoms. The van der Waals surface area contributed by atoms with Crippen LogP contribution in [0.3, 0.4) is 0 Å². The fourth-order valence-corrected chi connectivity index (χ4v) is 2.86. The van der Waals surface area contributed by atoms with Crippen LogP contribution in [0, 0.1) is 6.92 Å². The first-order valence-electron chi connectivity index (χ1n) is 7.22. The first-order chi connectivity index (χ1) is 10.2. The fourth-order valence-electron chi connectivity index (χ4n) is 2.11. The minimum atomic E-state index is 0.0744. The summed E-state index contributed by atoms with van der Waals surface area (Å²) < 4.78 is 0. The van der Waals surface area contributed by atoms with Gasteiger partial charge < -0.3 is 5.32 Å². The molecule has 0 aliphatic heterocycles. The van der Waals surface area contributed by atoms with Crippen LogP contribution in [0.4, 0.5) is 5.69 Å². The number of amides is 1. The van der Waals surface area contributed by atoms with E-state index in [1.54, 1.807) is 11.8 Å². The zero-order valence-electron chi connectivity index (χ0n) is 12.3. The molecule has 0 atom stereocenters. The van der Waals surface area contributed by atoms with E-state index in [4.69, 9.17) is 0 Å². The Balaban J connectivity index is 1.61. The van der Waals surface area contributed by atoms with E-state index in [0.29, 0.717) is 5.75 Å². The van der Waals surface area contributed by atoms with Gasteiger partial charge in [0.05, 0.1) is 5.75 Å². The molecule has 21 heavy (non-hydrogen) atoms. The summed E-state index contributed by atoms with van der Waals surface area (Å²) in [5.74, 6) is 1.60. The van der Waals surface area contributed by atoms with E-state index in [-0.39, 0.29) is 5.91 Å². The summed E-state index contributed by atoms with van der Waals surface area (Å²) >= 11 is 1.69. The number of carbonyl (C=O) groups is 1. The van der Waals surface area contributed by atoms with E-state index in [0.717, 1.165) is 29.8 Å². The second kappa shape index (κ2) is 8.53. The average Bonchev–Trinajstić information content (AvgIpc) is 2.48. The van der Waals surface area contributed by atoms with Crippen molar-refractivity contribution in [3.05, 3.63) is 65.7 Å². The Morgan fingerprint density at radius 3 is 2.67 bits per heavy atom. The molecule has 0 fully saturated rings. The van der Waals surface area contributed by atoms with Crippen molar-refractivity contribution in [1.82, 2.24) is 0 Å². The molecular weight excluding hydrogens is 278 g/mol. The number of benzene rings is 2. The topological polar surface area (TPSA) is 29.1 Å². The van der Waals surface area contributed by atoms with E-state index >= 15 is 0 Å². The molecule has 0 spiro atoms. The average molecular weight is 299 g/mol. The number of rotatable bonds is 7. The van der Waals surface area contributed by atoms with E-state index in [1.807, 2.05) is 37.3 Å². The highest BCUT2D eigenvalue weighted by Gasteiger charge is 2.02. The van der Waals surface area contributed by atoms with Crippen molar-refractivity contribution >= 4 is 23.4 Å². The van der Waals surface area contributed by atoms with Crippen molar-refractivity contribution in [3.63, 3.8) is 0 Å². The zero-order chi connectivity index (χ0) is 14.9. The van der Waals surface area contributed by atoms with Crippen molar-refractivity contribution in [2.75, 3.05) is 16.8 Å². The van der Waals surface area contributed by atoms with Gasteiger partial charge in [0, 0.05) is 5.69 Å². The lowest BCUT2D eigenvalue weighted by Gasteiger charge is -2.06. The van der Waals surface area contributed by atoms with Crippen LogP contribution < -0.4 is 5.32 Å². The van der Waals surface area contributed by atoms with Crippen molar-refractivity contribution in [3.8, 4) is 0 Å². The van der Waals surface area contributed by atoms with E-state index in [9.17, 15) is 4.79 Å². The summed E-state index contributed by atoms with van der Waals surface area (Å²) in [5.41, 5.74) is 3.40. The standard InChI is InChI=1S/C18H21NOS/c1-15-7-5-11-17(13-15)19-18(20)14-21-12-6-10-16-8-3-2-4-9-16/h2-5,7-9,11,13H,6,10,12,14H2,1H3,(H,19,20). The molecule has 0 aliphatic rings. The highest BCUT2D eigenvalue weighted by Crippen LogP contribution is 2.12. The van der Waals surface area contributed by atoms with Gasteiger partial charge in [-0.25, -0.2) is 0 Å². The van der Waals surface area contributed by atoms with Gasteiger partial charge in [0.1, 0.15) is 0 Å². The van der Waals surface area contributed by atoms with Crippen LogP contribution in [0.1, 0.15) is 17.5 Å². The molecule has 2 nitrogen and oxygen atoms in total. The zero-order valence-corrected chi connectivity index (χ0v) is 13.2. The number of hydrogen-bond acceptors (Lipinski definition) is 2. The SMILES string of the molecule is Cc1cccc(NC(=O)CSCCCc2ccccc2)c1. The van der Waals surface area contributed by atoms with Gasteiger partial charge in [-0.3, -0.25) is 4.79 Å². The highest BCUT2D eigenvalue weighted by atomic mass is 32.2. The lowest BCUT2D eigenvalue weighted by molar-refractivity contribution is -0.113. The summed E-state index contributed by atoms with van der Waals surface area (Å²) in [6.45, 7) is 2.02. The van der Waals surface area contributed by atoms with Crippen LogP contribution in [-0.4, -0.2) is 17.4 Å². The number of thioether (sulfide) groups is 1. The van der Waals surface area contributed by atoms with Gasteiger partial charge in [-0.05, 0) is 48.8 Å². The van der Waals surface area contributed by atoms with Crippen LogP contribution >= 0.6 is 11.8 Å². The Hall–Kier alpha value is -1.74. The quantitative estimate of drug-likeness (QED) is 0.772. The molecule has 0 saturated heterocycles. The van der Waals surface area contributed by atoms with Crippen LogP contribution in [-0.2, 0) is 11.2 Å². The molecule has 2 aromatic rings. The van der Waals surface area contributed by atoms with Crippen molar-refractivity contribution in [2.45, 2.75) is 19.8 Å². The Labute approximate surface area is 131 Å². The molecule has 110 valence electrons. The monoisotopic (exact) mass is 299 g/mol. The van der Waals surface area contributed by atoms with Crippen molar-refractivity contribution < 1.29 is 4.79 Å². The molecule has 0 saturated carbocycles. The van der Waals surface area contributed by atoms with Gasteiger partial charge in [-0.2, -0.15) is 11.8 Å². The van der Waals surface area contributed by atoms with Gasteiger partial charge in [0.15, 0.2) is 0 Å². The Bertz CT molecular complexity index is 568. The highest BCUT2D eigenvalue weighted by molar-refractivity contribution is 7.99. The summed E-state index contributed by atoms with van der Waals surface area (Å²) in [7, 11) is 0. The van der Waals surface area contributed by atoms with E-state index < -0.39 is 0 Å². The molecule has 2 rings (SSSR count). The predicted molar refractivity (Wildman–Crippen MR) is 91.9 cm³/mol. The first kappa shape index (κ1) is 15.6. The maximum atomic E-state index is 11.8. The lowest BCUT2D eigenvalue weighted by Crippen LogP contribution is -2.14. The molecular formula is C18H21NOS. The molecule has 3 heteroatoms. The Kier molecular flexibility index (Phi) is 6.35. The van der Waals surface area contributed by atoms with Crippen LogP contribution in [0.2, 0.25) is 0 Å². The van der Waals surface area contributed by atoms with Crippen LogP contribution in [0.25, 0.3) is 0 Å². The van der Waals surface area contributed by atoms with Crippen molar-refractivity contribution in [1.29, 1.82) is 0 Å². The summed E-state index contributed by atoms with van der Waals surface area (Å²) in [5, 5.41) is 2.93. The Morgan fingerprint density at radius 2 is 1.90 bits per heavy atom. The van der Waals surface area contributed by atoms with Gasteiger partial charge in [0.2, 0.25) is 5.91 Å². The smallest absolute Gasteiger partial charge is 0.234 e. The fraction of sp³-hybridized carbons (Fsp3) is 0.278. The second-order valence-electron chi connectivity index (χ2n) is 5.06. The molecule has 1 amide bonds. The predicted octanol–water partition coefficient (Wildman–Crippen LogP) is 4.30. The lowest BCUT2D eigenvalue weighted by atomic mass is 10.1. The molecule has 0 radical (unpaired) electrons. The third-order valence-corrected chi connectivity index (χ3v) is 4.18. The maximum Gasteiger partial charge on any atom is 0.234 e. The normalized spacial score (nSPS) is 10.3. The number of nitrogens with one attached hydrogen (secondary N) is 1. The number of hydrogen-bond donors (Lipinski definition) is 1. The Morgan fingerprint density at radius 1 is 1.10 bits per heavy atom. The molecule has 2 aromatic carbocycles. The van der Waals surface area contributed by atoms with E-state index in [2.05, 4.69) is 29.6 Å². The number of anilines is 1. The number of carbonyl (C=O) groups excluding carboxylic acids is 1. The molecule has 0 unspecified atom stereocenters. The molecule has 0 heterocycles. The molecule has 1 N–H and O–H groups in total. The molecule has 0 aromatic heterocycles. The van der Waals surface area contributed by atoms with E-state index in [1.165, 1.54) is 5.56 Å². The minimum absolute atomic E-state index is 0.0744. The summed E-state index contributed by atoms with van der Waals surface area (Å²) in [6.07, 6.45) is 2.18. The van der Waals surface area contributed by atoms with Gasteiger partial charge in [-0.15, -0.1) is 0 Å². The third-order valence-electron chi connectivity index (χ3n) is 3.13. The van der Waals surface area contributed by atoms with Crippen LogP contribution in [0.15, 0.2) is 54.6 Å². The van der Waals surface area contributed by atoms with Crippen LogP contribution in [0.5, 0.6) is 0 Å². The number of aryl methyl sites for hydroxylation is 2. The first-order valence-corrected chi connectivity index (χ1v) is 8.38. The van der Waals surface area contributed by atoms with Crippen molar-refractivity contribution in [2.24, 2.45) is 0 Å². The second-order valence-corrected chi connectivity index (χ2v) is 6.16. The maximum absolute atomic E-state index is 11.8.